The quantitative estimate of drug-likeness (QED) is 0.803. The number of aromatic amines is 1. The predicted molar refractivity (Wildman–Crippen MR) is 82.9 cm³/mol. The highest BCUT2D eigenvalue weighted by Gasteiger charge is 2.20. The van der Waals surface area contributed by atoms with Gasteiger partial charge in [-0.05, 0) is 32.4 Å². The van der Waals surface area contributed by atoms with E-state index in [0.717, 1.165) is 11.9 Å². The molecule has 0 saturated heterocycles. The van der Waals surface area contributed by atoms with Crippen LogP contribution in [-0.2, 0) is 11.2 Å². The molecular weight excluding hydrogens is 266 g/mol. The van der Waals surface area contributed by atoms with Crippen molar-refractivity contribution in [3.8, 4) is 0 Å². The van der Waals surface area contributed by atoms with E-state index < -0.39 is 11.7 Å². The van der Waals surface area contributed by atoms with Crippen molar-refractivity contribution in [2.45, 2.75) is 38.8 Å². The van der Waals surface area contributed by atoms with Crippen molar-refractivity contribution in [1.82, 2.24) is 10.3 Å². The first-order valence-corrected chi connectivity index (χ1v) is 7.23. The number of quaternary nitrogens is 1. The number of alkyl carbamates (subject to hydrolysis) is 1. The molecule has 0 aliphatic heterocycles. The summed E-state index contributed by atoms with van der Waals surface area (Å²) < 4.78 is 5.29. The van der Waals surface area contributed by atoms with E-state index in [9.17, 15) is 4.79 Å². The average Bonchev–Trinajstić information content (AvgIpc) is 2.79. The van der Waals surface area contributed by atoms with Gasteiger partial charge in [0.05, 0.1) is 12.6 Å². The van der Waals surface area contributed by atoms with Crippen molar-refractivity contribution in [2.24, 2.45) is 0 Å². The van der Waals surface area contributed by atoms with Crippen molar-refractivity contribution in [3.63, 3.8) is 0 Å². The maximum absolute atomic E-state index is 11.9. The lowest BCUT2D eigenvalue weighted by Gasteiger charge is -2.22. The number of hydrogen-bond donors (Lipinski definition) is 3. The van der Waals surface area contributed by atoms with Crippen molar-refractivity contribution < 1.29 is 15.3 Å². The van der Waals surface area contributed by atoms with Gasteiger partial charge in [0.15, 0.2) is 0 Å². The zero-order chi connectivity index (χ0) is 15.5. The molecule has 1 aromatic carbocycles. The summed E-state index contributed by atoms with van der Waals surface area (Å²) in [6.07, 6.45) is 2.33. The summed E-state index contributed by atoms with van der Waals surface area (Å²) >= 11 is 0. The maximum Gasteiger partial charge on any atom is 0.408 e. The fraction of sp³-hybridized carbons (Fsp3) is 0.438. The van der Waals surface area contributed by atoms with Crippen LogP contribution in [0.5, 0.6) is 0 Å². The Balaban J connectivity index is 2.04. The summed E-state index contributed by atoms with van der Waals surface area (Å²) in [4.78, 5) is 15.1. The van der Waals surface area contributed by atoms with E-state index in [4.69, 9.17) is 4.74 Å². The van der Waals surface area contributed by atoms with Crippen molar-refractivity contribution in [1.29, 1.82) is 0 Å². The monoisotopic (exact) mass is 290 g/mol. The van der Waals surface area contributed by atoms with E-state index in [1.165, 1.54) is 10.9 Å². The summed E-state index contributed by atoms with van der Waals surface area (Å²) in [5, 5.41) is 4.07. The van der Waals surface area contributed by atoms with Crippen LogP contribution >= 0.6 is 0 Å². The van der Waals surface area contributed by atoms with E-state index in [1.54, 1.807) is 0 Å². The fourth-order valence-electron chi connectivity index (χ4n) is 2.27. The number of carbonyl (C=O) groups excluding carboxylic acids is 1. The molecule has 0 fully saturated rings. The molecule has 1 unspecified atom stereocenters. The van der Waals surface area contributed by atoms with Crippen LogP contribution in [0.1, 0.15) is 26.3 Å². The number of rotatable bonds is 4. The third-order valence-corrected chi connectivity index (χ3v) is 3.21. The number of aromatic nitrogens is 1. The van der Waals surface area contributed by atoms with Crippen LogP contribution in [0.15, 0.2) is 30.5 Å². The molecule has 114 valence electrons. The van der Waals surface area contributed by atoms with Gasteiger partial charge in [0.2, 0.25) is 0 Å². The summed E-state index contributed by atoms with van der Waals surface area (Å²) in [5.74, 6) is 0. The summed E-state index contributed by atoms with van der Waals surface area (Å²) in [7, 11) is 0. The number of H-pyrrole nitrogens is 1. The summed E-state index contributed by atoms with van der Waals surface area (Å²) in [6, 6.07) is 8.09. The Kier molecular flexibility index (Phi) is 4.53. The Morgan fingerprint density at radius 1 is 1.38 bits per heavy atom. The molecule has 1 aromatic heterocycles. The van der Waals surface area contributed by atoms with Crippen LogP contribution in [0.25, 0.3) is 10.9 Å². The van der Waals surface area contributed by atoms with Gasteiger partial charge < -0.3 is 20.8 Å². The molecule has 5 N–H and O–H groups in total. The van der Waals surface area contributed by atoms with E-state index in [1.807, 2.05) is 45.2 Å². The average molecular weight is 290 g/mol. The van der Waals surface area contributed by atoms with Gasteiger partial charge in [-0.1, -0.05) is 18.2 Å². The molecule has 1 atom stereocenters. The Labute approximate surface area is 124 Å². The minimum absolute atomic E-state index is 0.0425. The van der Waals surface area contributed by atoms with Crippen molar-refractivity contribution >= 4 is 17.0 Å². The van der Waals surface area contributed by atoms with Crippen LogP contribution < -0.4 is 11.1 Å². The highest BCUT2D eigenvalue weighted by Crippen LogP contribution is 2.19. The Bertz CT molecular complexity index is 613. The first-order chi connectivity index (χ1) is 9.89. The number of fused-ring (bicyclic) bond motifs is 1. The molecule has 1 heterocycles. The minimum Gasteiger partial charge on any atom is -0.444 e. The van der Waals surface area contributed by atoms with Gasteiger partial charge in [-0.15, -0.1) is 0 Å². The van der Waals surface area contributed by atoms with Crippen molar-refractivity contribution in [2.75, 3.05) is 6.54 Å². The fourth-order valence-corrected chi connectivity index (χ4v) is 2.27. The van der Waals surface area contributed by atoms with Gasteiger partial charge in [-0.2, -0.15) is 0 Å². The second-order valence-electron chi connectivity index (χ2n) is 6.20. The molecule has 1 amide bonds. The lowest BCUT2D eigenvalue weighted by atomic mass is 10.1. The van der Waals surface area contributed by atoms with E-state index in [-0.39, 0.29) is 6.04 Å². The third-order valence-electron chi connectivity index (χ3n) is 3.21. The van der Waals surface area contributed by atoms with Gasteiger partial charge >= 0.3 is 6.09 Å². The Morgan fingerprint density at radius 2 is 2.10 bits per heavy atom. The van der Waals surface area contributed by atoms with Gasteiger partial charge in [0.25, 0.3) is 0 Å². The first-order valence-electron chi connectivity index (χ1n) is 7.23. The highest BCUT2D eigenvalue weighted by atomic mass is 16.6. The Morgan fingerprint density at radius 3 is 2.76 bits per heavy atom. The normalized spacial score (nSPS) is 13.1. The number of para-hydroxylation sites is 1. The van der Waals surface area contributed by atoms with Crippen LogP contribution in [0.2, 0.25) is 0 Å². The largest absolute Gasteiger partial charge is 0.444 e. The number of nitrogens with one attached hydrogen (secondary N) is 2. The topological polar surface area (TPSA) is 81.8 Å². The number of benzene rings is 1. The second kappa shape index (κ2) is 6.18. The predicted octanol–water partition coefficient (Wildman–Crippen LogP) is 1.85. The van der Waals surface area contributed by atoms with Gasteiger partial charge in [0, 0.05) is 23.5 Å². The molecule has 0 spiro atoms. The zero-order valence-electron chi connectivity index (χ0n) is 12.9. The first kappa shape index (κ1) is 15.4. The van der Waals surface area contributed by atoms with E-state index in [0.29, 0.717) is 6.54 Å². The van der Waals surface area contributed by atoms with Crippen LogP contribution in [0, 0.1) is 0 Å². The van der Waals surface area contributed by atoms with Gasteiger partial charge in [-0.25, -0.2) is 4.79 Å². The molecule has 21 heavy (non-hydrogen) atoms. The number of amides is 1. The van der Waals surface area contributed by atoms with Crippen LogP contribution in [-0.4, -0.2) is 29.3 Å². The van der Waals surface area contributed by atoms with Gasteiger partial charge in [-0.3, -0.25) is 0 Å². The Hall–Kier alpha value is -2.01. The molecule has 0 aliphatic rings. The molecule has 0 radical (unpaired) electrons. The number of ether oxygens (including phenoxy) is 1. The molecule has 0 bridgehead atoms. The van der Waals surface area contributed by atoms with Crippen LogP contribution in [0.3, 0.4) is 0 Å². The minimum atomic E-state index is -0.489. The zero-order valence-corrected chi connectivity index (χ0v) is 12.9. The molecule has 2 rings (SSSR count). The smallest absolute Gasteiger partial charge is 0.408 e. The molecule has 0 saturated carbocycles. The summed E-state index contributed by atoms with van der Waals surface area (Å²) in [5.41, 5.74) is 5.71. The van der Waals surface area contributed by atoms with E-state index in [2.05, 4.69) is 22.1 Å². The lowest BCUT2D eigenvalue weighted by molar-refractivity contribution is -0.372. The maximum atomic E-state index is 11.9. The number of hydrogen-bond acceptors (Lipinski definition) is 2. The van der Waals surface area contributed by atoms with Crippen molar-refractivity contribution in [3.05, 3.63) is 36.0 Å². The van der Waals surface area contributed by atoms with E-state index >= 15 is 0 Å². The number of carbonyl (C=O) groups is 1. The standard InChI is InChI=1S/C16H23N3O2/c1-16(2,3)21-15(20)19-12(9-17)8-11-10-18-14-7-5-4-6-13(11)14/h4-7,10,12,18H,8-9,17H2,1-3H3,(H,19,20)/p+1. The molecule has 5 nitrogen and oxygen atoms in total. The van der Waals surface area contributed by atoms with Crippen LogP contribution in [0.4, 0.5) is 4.79 Å². The SMILES string of the molecule is CC(C)(C)OC(=O)NC(C[NH3+])Cc1c[nH]c2ccccc12. The van der Waals surface area contributed by atoms with Gasteiger partial charge in [0.1, 0.15) is 5.60 Å². The molecule has 2 aromatic rings. The summed E-state index contributed by atoms with van der Waals surface area (Å²) in [6.45, 7) is 6.17. The molecule has 0 aliphatic carbocycles. The second-order valence-corrected chi connectivity index (χ2v) is 6.20. The molecule has 5 heteroatoms. The molecular formula is C16H24N3O2+. The highest BCUT2D eigenvalue weighted by molar-refractivity contribution is 5.83. The third kappa shape index (κ3) is 4.23. The lowest BCUT2D eigenvalue weighted by Crippen LogP contribution is -2.61.